The van der Waals surface area contributed by atoms with Gasteiger partial charge in [-0.1, -0.05) is 174 Å². The molecule has 130 heavy (non-hydrogen) atoms. The van der Waals surface area contributed by atoms with Crippen LogP contribution in [0.5, 0.6) is 0 Å². The summed E-state index contributed by atoms with van der Waals surface area (Å²) in [6.07, 6.45) is 35.7. The number of rotatable bonds is 0. The first-order valence-electron chi connectivity index (χ1n) is 45.3. The van der Waals surface area contributed by atoms with Gasteiger partial charge in [-0.25, -0.2) is 24.9 Å². The summed E-state index contributed by atoms with van der Waals surface area (Å²) in [6, 6.07) is 59.8. The summed E-state index contributed by atoms with van der Waals surface area (Å²) >= 11 is 0. The zero-order valence-electron chi connectivity index (χ0n) is 82.8. The predicted octanol–water partition coefficient (Wildman–Crippen LogP) is 29.6. The molecule has 0 saturated carbocycles. The molecule has 0 aliphatic rings. The number of pyridine rings is 14. The number of para-hydroxylation sites is 2. The lowest BCUT2D eigenvalue weighted by atomic mass is 10.2. The highest BCUT2D eigenvalue weighted by atomic mass is 14.8. The molecular weight excluding hydrogens is 1600 g/mol. The van der Waals surface area contributed by atoms with Crippen molar-refractivity contribution in [1.29, 1.82) is 0 Å². The maximum absolute atomic E-state index is 4.34. The summed E-state index contributed by atoms with van der Waals surface area (Å²) in [5.41, 5.74) is 21.4. The van der Waals surface area contributed by atoms with Gasteiger partial charge in [0, 0.05) is 189 Å². The lowest BCUT2D eigenvalue weighted by molar-refractivity contribution is 1.18. The monoisotopic (exact) mass is 1740 g/mol. The van der Waals surface area contributed by atoms with Gasteiger partial charge < -0.3 is 0 Å². The van der Waals surface area contributed by atoms with Crippen LogP contribution in [0.25, 0.3) is 109 Å². The fourth-order valence-electron chi connectivity index (χ4n) is 10.7. The molecule has 0 amide bonds. The van der Waals surface area contributed by atoms with Crippen LogP contribution < -0.4 is 0 Å². The van der Waals surface area contributed by atoms with Crippen LogP contribution in [0.3, 0.4) is 0 Å². The summed E-state index contributed by atoms with van der Waals surface area (Å²) in [5, 5.41) is 10.1. The van der Waals surface area contributed by atoms with E-state index < -0.39 is 0 Å². The Balaban J connectivity index is 0.000000706. The van der Waals surface area contributed by atoms with E-state index in [9.17, 15) is 0 Å². The number of hydrogen-bond acceptors (Lipinski definition) is 20. The van der Waals surface area contributed by atoms with Gasteiger partial charge in [-0.05, 0) is 237 Å². The van der Waals surface area contributed by atoms with Gasteiger partial charge in [-0.15, -0.1) is 0 Å². The van der Waals surface area contributed by atoms with Gasteiger partial charge in [-0.3, -0.25) is 74.8 Å². The van der Waals surface area contributed by atoms with Crippen molar-refractivity contribution in [2.24, 2.45) is 0 Å². The molecule has 20 nitrogen and oxygen atoms in total. The molecule has 0 unspecified atom stereocenters. The van der Waals surface area contributed by atoms with E-state index in [1.807, 2.05) is 402 Å². The van der Waals surface area contributed by atoms with Gasteiger partial charge in [0.05, 0.1) is 67.1 Å². The Labute approximate surface area is 774 Å². The van der Waals surface area contributed by atoms with Crippen LogP contribution in [0.2, 0.25) is 0 Å². The van der Waals surface area contributed by atoms with Crippen molar-refractivity contribution in [3.8, 4) is 0 Å². The van der Waals surface area contributed by atoms with E-state index in [4.69, 9.17) is 0 Å². The van der Waals surface area contributed by atoms with Crippen molar-refractivity contribution in [2.75, 3.05) is 0 Å². The smallest absolute Gasteiger partial charge is 0.159 e. The molecule has 680 valence electrons. The van der Waals surface area contributed by atoms with Crippen LogP contribution in [-0.4, -0.2) is 99.7 Å². The van der Waals surface area contributed by atoms with Crippen molar-refractivity contribution in [1.82, 2.24) is 99.7 Å². The minimum absolute atomic E-state index is 0.818. The average molecular weight is 1740 g/mol. The highest BCUT2D eigenvalue weighted by Gasteiger charge is 2.01. The lowest BCUT2D eigenvalue weighted by Gasteiger charge is -1.95. The van der Waals surface area contributed by atoms with E-state index in [2.05, 4.69) is 137 Å². The fourth-order valence-corrected chi connectivity index (χ4v) is 10.7. The summed E-state index contributed by atoms with van der Waals surface area (Å²) in [5.74, 6) is 0. The Bertz CT molecular complexity index is 5110. The Morgan fingerprint density at radius 2 is 0.562 bits per heavy atom. The lowest BCUT2D eigenvalue weighted by Crippen LogP contribution is -1.85. The van der Waals surface area contributed by atoms with Gasteiger partial charge in [0.2, 0.25) is 0 Å². The highest BCUT2D eigenvalue weighted by molar-refractivity contribution is 5.83. The maximum Gasteiger partial charge on any atom is 0.159 e. The third-order valence-electron chi connectivity index (χ3n) is 16.2. The molecule has 0 bridgehead atoms. The van der Waals surface area contributed by atoms with E-state index in [1.54, 1.807) is 74.5 Å². The van der Waals surface area contributed by atoms with Crippen LogP contribution in [0.15, 0.2) is 306 Å². The normalized spacial score (nSPS) is 9.15. The first-order valence-corrected chi connectivity index (χ1v) is 45.3. The van der Waals surface area contributed by atoms with Crippen LogP contribution in [0.4, 0.5) is 0 Å². The first kappa shape index (κ1) is 114. The number of nitrogens with zero attached hydrogens (tertiary/aromatic N) is 20. The van der Waals surface area contributed by atoms with Crippen LogP contribution >= 0.6 is 0 Å². The van der Waals surface area contributed by atoms with E-state index in [0.29, 0.717) is 0 Å². The summed E-state index contributed by atoms with van der Waals surface area (Å²) in [4.78, 5) is 83.1. The predicted molar refractivity (Wildman–Crippen MR) is 556 cm³/mol. The quantitative estimate of drug-likeness (QED) is 0.137. The standard InChI is InChI=1S/10C9H8N2.10C2H6/c1-7-4-9-5-10-3-2-8(9)6-11-7;1-7-4-8-2-3-10-5-9(8)6-11-7;1-7-2-3-9-8(4-7)5-10-6-11-9;1-7-2-3-8-6-10-5-4-9(8)11-7;1-7-2-3-8-4-5-10-6-9(8)11-7;1-7-2-3-8-9(6-7)11-5-4-10-8;1-7-4-5-8-9(11-7)3-2-6-10-8;1-7-5-9-8(6-11-7)3-2-4-10-9;1-7-5-8-3-2-4-10-9(8)11-6-7;1-7-6-10-8-4-2-3-5-9(8)11-7;10*1-2/h10*2-6H,1H3;10*1-2H3. The summed E-state index contributed by atoms with van der Waals surface area (Å²) in [6.45, 7) is 60.0. The van der Waals surface area contributed by atoms with Gasteiger partial charge >= 0.3 is 0 Å². The highest BCUT2D eigenvalue weighted by Crippen LogP contribution is 2.18. The van der Waals surface area contributed by atoms with Crippen molar-refractivity contribution >= 4 is 109 Å². The molecule has 20 aromatic rings. The molecule has 17 heterocycles. The minimum Gasteiger partial charge on any atom is -0.264 e. The van der Waals surface area contributed by atoms with Crippen molar-refractivity contribution in [3.05, 3.63) is 363 Å². The Hall–Kier alpha value is -14.4. The summed E-state index contributed by atoms with van der Waals surface area (Å²) < 4.78 is 0. The van der Waals surface area contributed by atoms with Crippen LogP contribution in [0.1, 0.15) is 195 Å². The molecule has 0 saturated heterocycles. The van der Waals surface area contributed by atoms with E-state index in [-0.39, 0.29) is 0 Å². The molecule has 0 N–H and O–H groups in total. The van der Waals surface area contributed by atoms with E-state index in [1.165, 1.54) is 22.1 Å². The topological polar surface area (TPSA) is 258 Å². The molecule has 0 aliphatic heterocycles. The minimum atomic E-state index is 0.818. The Morgan fingerprint density at radius 1 is 0.154 bits per heavy atom. The largest absolute Gasteiger partial charge is 0.264 e. The van der Waals surface area contributed by atoms with E-state index >= 15 is 0 Å². The van der Waals surface area contributed by atoms with Gasteiger partial charge in [0.25, 0.3) is 0 Å². The third-order valence-corrected chi connectivity index (χ3v) is 16.2. The number of hydrogen-bond donors (Lipinski definition) is 0. The Kier molecular flexibility index (Phi) is 61.0. The SMILES string of the molecule is CC.CC.CC.CC.CC.CC.CC.CC.CC.CC.Cc1cc2ccncc2cn1.Cc1cc2cnccc2cn1.Cc1cc2ncccc2cn1.Cc1ccc2ccncc2n1.Cc1ccc2cnccc2n1.Cc1ccc2ncccc2n1.Cc1ccc2nccnc2c1.Cc1ccc2ncncc2c1.Cc1cnc2ccccc2n1.Cc1cnc2ncccc2c1. The fraction of sp³-hybridized carbons (Fsp3) is 0.273. The van der Waals surface area contributed by atoms with Gasteiger partial charge in [0.1, 0.15) is 6.33 Å². The summed E-state index contributed by atoms with van der Waals surface area (Å²) in [7, 11) is 0. The molecular formula is C110H140N20. The molecule has 0 radical (unpaired) electrons. The van der Waals surface area contributed by atoms with Crippen molar-refractivity contribution in [2.45, 2.75) is 208 Å². The molecule has 0 spiro atoms. The first-order chi connectivity index (χ1) is 63.6. The number of aromatic nitrogens is 20. The third kappa shape index (κ3) is 41.8. The molecule has 0 atom stereocenters. The molecule has 20 heteroatoms. The van der Waals surface area contributed by atoms with Crippen molar-refractivity contribution < 1.29 is 0 Å². The molecule has 17 aromatic heterocycles. The van der Waals surface area contributed by atoms with Gasteiger partial charge in [0.15, 0.2) is 5.65 Å². The zero-order chi connectivity index (χ0) is 96.8. The molecule has 3 aromatic carbocycles. The van der Waals surface area contributed by atoms with Crippen LogP contribution in [-0.2, 0) is 0 Å². The number of fused-ring (bicyclic) bond motifs is 10. The number of aryl methyl sites for hydroxylation is 10. The number of benzene rings is 3. The molecule has 0 fully saturated rings. The van der Waals surface area contributed by atoms with Crippen LogP contribution in [0, 0.1) is 69.2 Å². The average Bonchev–Trinajstić information content (AvgIpc) is 0.929. The molecule has 0 aliphatic carbocycles. The van der Waals surface area contributed by atoms with Crippen molar-refractivity contribution in [3.63, 3.8) is 0 Å². The maximum atomic E-state index is 4.34. The second kappa shape index (κ2) is 69.8. The van der Waals surface area contributed by atoms with Gasteiger partial charge in [-0.2, -0.15) is 0 Å². The second-order valence-corrected chi connectivity index (χ2v) is 25.4. The molecule has 20 rings (SSSR count). The Morgan fingerprint density at radius 3 is 1.21 bits per heavy atom. The second-order valence-electron chi connectivity index (χ2n) is 25.4. The van der Waals surface area contributed by atoms with E-state index in [0.717, 1.165) is 144 Å². The zero-order valence-corrected chi connectivity index (χ0v) is 82.8.